The predicted molar refractivity (Wildman–Crippen MR) is 147 cm³/mol. The summed E-state index contributed by atoms with van der Waals surface area (Å²) in [7, 11) is 0. The number of nitrogens with one attached hydrogen (secondary N) is 1. The zero-order valence-corrected chi connectivity index (χ0v) is 24.9. The fraction of sp³-hybridized carbons (Fsp3) is 0.391. The minimum atomic E-state index is -1.15. The van der Waals surface area contributed by atoms with Crippen molar-refractivity contribution in [3.8, 4) is 11.4 Å². The van der Waals surface area contributed by atoms with E-state index in [1.54, 1.807) is 17.5 Å². The Morgan fingerprint density at radius 1 is 1.07 bits per heavy atom. The average Bonchev–Trinajstić information content (AvgIpc) is 3.51. The summed E-state index contributed by atoms with van der Waals surface area (Å²) in [6.45, 7) is 3.33. The number of hydrogen-bond donors (Lipinski definition) is 1. The first-order valence-electron chi connectivity index (χ1n) is 11.5. The van der Waals surface area contributed by atoms with Crippen LogP contribution in [0, 0.1) is 0 Å². The van der Waals surface area contributed by atoms with Crippen molar-refractivity contribution < 1.29 is 33.3 Å². The Kier molecular flexibility index (Phi) is 9.80. The number of esters is 3. The molecular weight excluding hydrogens is 631 g/mol. The molecule has 3 unspecified atom stereocenters. The molecule has 1 aliphatic rings. The summed E-state index contributed by atoms with van der Waals surface area (Å²) in [6.07, 6.45) is -1.79. The van der Waals surface area contributed by atoms with Gasteiger partial charge < -0.3 is 23.9 Å². The van der Waals surface area contributed by atoms with Crippen LogP contribution in [0.1, 0.15) is 26.8 Å². The number of ether oxygens (including phenoxy) is 4. The number of aromatic nitrogens is 4. The van der Waals surface area contributed by atoms with Crippen molar-refractivity contribution >= 4 is 75.8 Å². The van der Waals surface area contributed by atoms with Gasteiger partial charge in [-0.05, 0) is 12.1 Å². The van der Waals surface area contributed by atoms with Crippen molar-refractivity contribution in [1.29, 1.82) is 0 Å². The molecule has 2 aromatic heterocycles. The average molecular weight is 652 g/mol. The highest BCUT2D eigenvalue weighted by Gasteiger charge is 2.52. The molecule has 17 heteroatoms. The molecule has 4 rings (SSSR count). The molecule has 5 atom stereocenters. The van der Waals surface area contributed by atoms with E-state index in [0.717, 1.165) is 23.1 Å². The fourth-order valence-electron chi connectivity index (χ4n) is 3.96. The number of aromatic amines is 1. The molecule has 1 aliphatic heterocycles. The Morgan fingerprint density at radius 2 is 1.73 bits per heavy atom. The summed E-state index contributed by atoms with van der Waals surface area (Å²) >= 11 is 20.6. The third kappa shape index (κ3) is 7.17. The summed E-state index contributed by atoms with van der Waals surface area (Å²) in [5.74, 6) is -1.91. The number of nitrogens with zero attached hydrogens (tertiary/aromatic N) is 3. The molecule has 214 valence electrons. The van der Waals surface area contributed by atoms with E-state index < -0.39 is 47.7 Å². The Morgan fingerprint density at radius 3 is 2.30 bits per heavy atom. The zero-order chi connectivity index (χ0) is 29.1. The van der Waals surface area contributed by atoms with Crippen LogP contribution in [0.15, 0.2) is 33.4 Å². The van der Waals surface area contributed by atoms with E-state index in [2.05, 4.69) is 15.3 Å². The van der Waals surface area contributed by atoms with Crippen molar-refractivity contribution in [2.45, 2.75) is 55.5 Å². The Bertz CT molecular complexity index is 1450. The first-order chi connectivity index (χ1) is 18.9. The van der Waals surface area contributed by atoms with Gasteiger partial charge in [0.2, 0.25) is 0 Å². The summed E-state index contributed by atoms with van der Waals surface area (Å²) in [6, 6.07) is 2.11. The molecule has 12 nitrogen and oxygen atoms in total. The standard InChI is InChI=1S/C23H21Cl3N4O8S2/c1-9(31)35-7-17-20(36-10(2)32)19(30-6-15(28-29-30)16-8-39-23(34)27-16)21(37-11(3)33)22(38-17)40-12-4-13(24)18(26)14(25)5-12/h4-6,8,17,19-22H,7H2,1-3H3,(H,27,34)/t17?,19?,20-,21?,22+/m0/s1. The van der Waals surface area contributed by atoms with E-state index in [1.165, 1.54) is 31.6 Å². The summed E-state index contributed by atoms with van der Waals surface area (Å²) in [5, 5.41) is 10.4. The van der Waals surface area contributed by atoms with Crippen LogP contribution in [0.5, 0.6) is 0 Å². The van der Waals surface area contributed by atoms with E-state index >= 15 is 0 Å². The maximum absolute atomic E-state index is 12.3. The maximum Gasteiger partial charge on any atom is 0.304 e. The quantitative estimate of drug-likeness (QED) is 0.213. The van der Waals surface area contributed by atoms with E-state index in [9.17, 15) is 19.2 Å². The lowest BCUT2D eigenvalue weighted by Crippen LogP contribution is -2.57. The molecular formula is C23H21Cl3N4O8S2. The van der Waals surface area contributed by atoms with Crippen molar-refractivity contribution in [3.05, 3.63) is 48.4 Å². The minimum absolute atomic E-state index is 0.163. The molecule has 0 spiro atoms. The number of thiazole rings is 1. The minimum Gasteiger partial charge on any atom is -0.463 e. The Balaban J connectivity index is 1.81. The molecule has 0 saturated carbocycles. The molecule has 0 amide bonds. The lowest BCUT2D eigenvalue weighted by atomic mass is 9.96. The molecule has 1 N–H and O–H groups in total. The second-order valence-electron chi connectivity index (χ2n) is 8.45. The van der Waals surface area contributed by atoms with Gasteiger partial charge in [-0.25, -0.2) is 4.68 Å². The third-order valence-corrected chi connectivity index (χ3v) is 8.48. The van der Waals surface area contributed by atoms with Gasteiger partial charge in [-0.15, -0.1) is 5.10 Å². The number of rotatable bonds is 8. The molecule has 1 fully saturated rings. The monoisotopic (exact) mass is 650 g/mol. The first kappa shape index (κ1) is 30.3. The molecule has 3 heterocycles. The van der Waals surface area contributed by atoms with Gasteiger partial charge in [0, 0.05) is 31.0 Å². The number of benzene rings is 1. The highest BCUT2D eigenvalue weighted by atomic mass is 35.5. The van der Waals surface area contributed by atoms with Gasteiger partial charge in [0.1, 0.15) is 29.9 Å². The predicted octanol–water partition coefficient (Wildman–Crippen LogP) is 4.14. The van der Waals surface area contributed by atoms with Crippen LogP contribution in [-0.4, -0.2) is 68.2 Å². The smallest absolute Gasteiger partial charge is 0.304 e. The summed E-state index contributed by atoms with van der Waals surface area (Å²) in [5.41, 5.74) is -0.248. The van der Waals surface area contributed by atoms with Gasteiger partial charge in [-0.2, -0.15) is 0 Å². The molecule has 1 saturated heterocycles. The number of thioether (sulfide) groups is 1. The summed E-state index contributed by atoms with van der Waals surface area (Å²) in [4.78, 5) is 50.7. The Labute approximate surface area is 250 Å². The number of hydrogen-bond acceptors (Lipinski definition) is 12. The molecule has 0 radical (unpaired) electrons. The van der Waals surface area contributed by atoms with Crippen LogP contribution in [0.4, 0.5) is 0 Å². The van der Waals surface area contributed by atoms with Crippen molar-refractivity contribution in [2.24, 2.45) is 0 Å². The van der Waals surface area contributed by atoms with Crippen molar-refractivity contribution in [1.82, 2.24) is 20.0 Å². The molecule has 40 heavy (non-hydrogen) atoms. The Hall–Kier alpha value is -2.62. The molecule has 0 aliphatic carbocycles. The number of carbonyl (C=O) groups is 3. The number of carbonyl (C=O) groups excluding carboxylic acids is 3. The SMILES string of the molecule is CC(=O)OCC1O[C@H](Sc2cc(Cl)c(Cl)c(Cl)c2)C(OC(C)=O)C(n2cc(-c3csc(=O)[nH]3)nn2)[C@H]1OC(C)=O. The maximum atomic E-state index is 12.3. The van der Waals surface area contributed by atoms with Gasteiger partial charge in [0.15, 0.2) is 12.2 Å². The van der Waals surface area contributed by atoms with E-state index in [0.29, 0.717) is 16.3 Å². The van der Waals surface area contributed by atoms with Gasteiger partial charge in [-0.3, -0.25) is 19.2 Å². The molecule has 3 aromatic rings. The first-order valence-corrected chi connectivity index (χ1v) is 14.4. The topological polar surface area (TPSA) is 152 Å². The van der Waals surface area contributed by atoms with Crippen LogP contribution in [0.3, 0.4) is 0 Å². The fourth-order valence-corrected chi connectivity index (χ4v) is 6.45. The van der Waals surface area contributed by atoms with Gasteiger partial charge in [0.25, 0.3) is 0 Å². The zero-order valence-electron chi connectivity index (χ0n) is 21.0. The van der Waals surface area contributed by atoms with Gasteiger partial charge in [-0.1, -0.05) is 63.1 Å². The lowest BCUT2D eigenvalue weighted by molar-refractivity contribution is -0.212. The van der Waals surface area contributed by atoms with Crippen LogP contribution in [0.2, 0.25) is 15.1 Å². The molecule has 0 bridgehead atoms. The second kappa shape index (κ2) is 12.9. The van der Waals surface area contributed by atoms with E-state index in [-0.39, 0.29) is 26.5 Å². The van der Waals surface area contributed by atoms with Crippen LogP contribution < -0.4 is 4.87 Å². The van der Waals surface area contributed by atoms with Crippen molar-refractivity contribution in [2.75, 3.05) is 6.61 Å². The normalized spacial score (nSPS) is 22.5. The van der Waals surface area contributed by atoms with Crippen LogP contribution in [0.25, 0.3) is 11.4 Å². The van der Waals surface area contributed by atoms with Crippen molar-refractivity contribution in [3.63, 3.8) is 0 Å². The van der Waals surface area contributed by atoms with Gasteiger partial charge >= 0.3 is 22.8 Å². The van der Waals surface area contributed by atoms with Crippen LogP contribution in [-0.2, 0) is 33.3 Å². The summed E-state index contributed by atoms with van der Waals surface area (Å²) < 4.78 is 24.1. The third-order valence-electron chi connectivity index (χ3n) is 5.49. The van der Waals surface area contributed by atoms with Gasteiger partial charge in [0.05, 0.1) is 27.0 Å². The number of H-pyrrole nitrogens is 1. The molecule has 1 aromatic carbocycles. The van der Waals surface area contributed by atoms with E-state index in [4.69, 9.17) is 53.8 Å². The van der Waals surface area contributed by atoms with E-state index in [1.807, 2.05) is 0 Å². The highest BCUT2D eigenvalue weighted by Crippen LogP contribution is 2.43. The highest BCUT2D eigenvalue weighted by molar-refractivity contribution is 7.99. The largest absolute Gasteiger partial charge is 0.463 e. The number of halogens is 3. The second-order valence-corrected chi connectivity index (χ2v) is 11.7. The van der Waals surface area contributed by atoms with Crippen LogP contribution >= 0.6 is 57.9 Å². The lowest BCUT2D eigenvalue weighted by Gasteiger charge is -2.44.